The van der Waals surface area contributed by atoms with Crippen LogP contribution in [0.4, 0.5) is 0 Å². The predicted molar refractivity (Wildman–Crippen MR) is 32.2 cm³/mol. The summed E-state index contributed by atoms with van der Waals surface area (Å²) in [7, 11) is 3.23. The first kappa shape index (κ1) is 6.16. The van der Waals surface area contributed by atoms with Crippen LogP contribution < -0.4 is 0 Å². The topological polar surface area (TPSA) is 35.0 Å². The largest absolute Gasteiger partial charge is 0.374 e. The van der Waals surface area contributed by atoms with Gasteiger partial charge in [0, 0.05) is 18.0 Å². The van der Waals surface area contributed by atoms with E-state index >= 15 is 0 Å². The van der Waals surface area contributed by atoms with Gasteiger partial charge in [0.05, 0.1) is 13.7 Å². The maximum atomic E-state index is 4.60. The minimum absolute atomic E-state index is 0.473. The van der Waals surface area contributed by atoms with Crippen LogP contribution in [0.25, 0.3) is 0 Å². The summed E-state index contributed by atoms with van der Waals surface area (Å²) in [6.07, 6.45) is 4.86. The summed E-state index contributed by atoms with van der Waals surface area (Å²) in [5.74, 6) is 0. The van der Waals surface area contributed by atoms with E-state index in [2.05, 4.69) is 21.8 Å². The van der Waals surface area contributed by atoms with Gasteiger partial charge in [-0.1, -0.05) is 0 Å². The molecule has 47 valence electrons. The standard InChI is InChI=1S/C6H7N2O/c1-9-4-6-2-7-5-8-3-6/h2-3,5H,1,4H2. The van der Waals surface area contributed by atoms with E-state index in [-0.39, 0.29) is 0 Å². The van der Waals surface area contributed by atoms with E-state index in [0.29, 0.717) is 6.61 Å². The Morgan fingerprint density at radius 2 is 2.11 bits per heavy atom. The predicted octanol–water partition coefficient (Wildman–Crippen LogP) is 0.785. The molecule has 3 heteroatoms. The van der Waals surface area contributed by atoms with Crippen LogP contribution in [-0.2, 0) is 11.3 Å². The Bertz CT molecular complexity index is 164. The summed E-state index contributed by atoms with van der Waals surface area (Å²) in [5.41, 5.74) is 0.938. The third-order valence-corrected chi connectivity index (χ3v) is 0.883. The maximum Gasteiger partial charge on any atom is 0.115 e. The third kappa shape index (κ3) is 1.77. The van der Waals surface area contributed by atoms with Crippen LogP contribution in [0.15, 0.2) is 18.7 Å². The number of rotatable bonds is 2. The highest BCUT2D eigenvalue weighted by molar-refractivity contribution is 4.99. The minimum atomic E-state index is 0.473. The van der Waals surface area contributed by atoms with Crippen molar-refractivity contribution in [3.63, 3.8) is 0 Å². The minimum Gasteiger partial charge on any atom is -0.374 e. The van der Waals surface area contributed by atoms with Crippen molar-refractivity contribution < 1.29 is 4.74 Å². The molecule has 0 aliphatic rings. The molecular weight excluding hydrogens is 116 g/mol. The Morgan fingerprint density at radius 1 is 1.44 bits per heavy atom. The van der Waals surface area contributed by atoms with E-state index in [1.54, 1.807) is 12.4 Å². The van der Waals surface area contributed by atoms with Gasteiger partial charge < -0.3 is 4.74 Å². The average molecular weight is 123 g/mol. The molecule has 0 spiro atoms. The lowest BCUT2D eigenvalue weighted by Gasteiger charge is -1.93. The van der Waals surface area contributed by atoms with Crippen molar-refractivity contribution in [2.45, 2.75) is 6.61 Å². The molecule has 0 N–H and O–H groups in total. The number of nitrogens with zero attached hydrogens (tertiary/aromatic N) is 2. The molecule has 1 radical (unpaired) electrons. The van der Waals surface area contributed by atoms with E-state index in [9.17, 15) is 0 Å². The smallest absolute Gasteiger partial charge is 0.115 e. The molecule has 0 amide bonds. The van der Waals surface area contributed by atoms with E-state index in [4.69, 9.17) is 0 Å². The van der Waals surface area contributed by atoms with E-state index in [1.807, 2.05) is 0 Å². The van der Waals surface area contributed by atoms with Gasteiger partial charge in [-0.2, -0.15) is 0 Å². The molecule has 0 aromatic carbocycles. The summed E-state index contributed by atoms with van der Waals surface area (Å²) in [4.78, 5) is 7.57. The first-order chi connectivity index (χ1) is 4.43. The molecule has 0 saturated carbocycles. The summed E-state index contributed by atoms with van der Waals surface area (Å²) >= 11 is 0. The third-order valence-electron chi connectivity index (χ3n) is 0.883. The van der Waals surface area contributed by atoms with Crippen LogP contribution in [0.3, 0.4) is 0 Å². The molecule has 9 heavy (non-hydrogen) atoms. The van der Waals surface area contributed by atoms with Gasteiger partial charge in [-0.25, -0.2) is 9.97 Å². The highest BCUT2D eigenvalue weighted by atomic mass is 16.5. The van der Waals surface area contributed by atoms with E-state index in [0.717, 1.165) is 5.56 Å². The highest BCUT2D eigenvalue weighted by Crippen LogP contribution is 1.93. The van der Waals surface area contributed by atoms with Gasteiger partial charge in [-0.15, -0.1) is 0 Å². The van der Waals surface area contributed by atoms with Gasteiger partial charge in [0.25, 0.3) is 0 Å². The molecule has 0 saturated heterocycles. The van der Waals surface area contributed by atoms with Crippen molar-refractivity contribution in [1.29, 1.82) is 0 Å². The van der Waals surface area contributed by atoms with Crippen LogP contribution in [-0.4, -0.2) is 9.97 Å². The van der Waals surface area contributed by atoms with Crippen molar-refractivity contribution in [1.82, 2.24) is 9.97 Å². The summed E-state index contributed by atoms with van der Waals surface area (Å²) in [6.45, 7) is 0.473. The molecule has 0 aliphatic carbocycles. The van der Waals surface area contributed by atoms with Crippen molar-refractivity contribution in [3.05, 3.63) is 31.4 Å². The molecule has 1 rings (SSSR count). The van der Waals surface area contributed by atoms with Gasteiger partial charge in [0.2, 0.25) is 0 Å². The van der Waals surface area contributed by atoms with Crippen LogP contribution in [0.5, 0.6) is 0 Å². The molecular formula is C6H7N2O. The normalized spacial score (nSPS) is 9.44. The van der Waals surface area contributed by atoms with Crippen LogP contribution in [0, 0.1) is 7.11 Å². The fourth-order valence-corrected chi connectivity index (χ4v) is 0.522. The monoisotopic (exact) mass is 123 g/mol. The Hall–Kier alpha value is -0.960. The molecule has 0 atom stereocenters. The van der Waals surface area contributed by atoms with Crippen molar-refractivity contribution in [3.8, 4) is 0 Å². The number of hydrogen-bond donors (Lipinski definition) is 0. The van der Waals surface area contributed by atoms with Crippen LogP contribution >= 0.6 is 0 Å². The molecule has 0 bridgehead atoms. The second kappa shape index (κ2) is 3.14. The van der Waals surface area contributed by atoms with Crippen molar-refractivity contribution in [2.24, 2.45) is 0 Å². The fourth-order valence-electron chi connectivity index (χ4n) is 0.522. The summed E-state index contributed by atoms with van der Waals surface area (Å²) in [6, 6.07) is 0. The molecule has 0 aliphatic heterocycles. The Kier molecular flexibility index (Phi) is 2.15. The molecule has 1 aromatic rings. The highest BCUT2D eigenvalue weighted by Gasteiger charge is 1.86. The van der Waals surface area contributed by atoms with Gasteiger partial charge in [0.15, 0.2) is 0 Å². The Labute approximate surface area is 53.7 Å². The molecule has 1 aromatic heterocycles. The molecule has 1 heterocycles. The average Bonchev–Trinajstić information content (AvgIpc) is 1.91. The Balaban J connectivity index is 2.61. The van der Waals surface area contributed by atoms with Gasteiger partial charge in [-0.3, -0.25) is 0 Å². The fraction of sp³-hybridized carbons (Fsp3) is 0.167. The lowest BCUT2D eigenvalue weighted by atomic mass is 10.4. The molecule has 0 fully saturated rings. The summed E-state index contributed by atoms with van der Waals surface area (Å²) in [5, 5.41) is 0. The maximum absolute atomic E-state index is 4.60. The Morgan fingerprint density at radius 3 is 2.67 bits per heavy atom. The summed E-state index contributed by atoms with van der Waals surface area (Å²) < 4.78 is 4.60. The van der Waals surface area contributed by atoms with Gasteiger partial charge >= 0.3 is 0 Å². The first-order valence-corrected chi connectivity index (χ1v) is 2.54. The van der Waals surface area contributed by atoms with Gasteiger partial charge in [0.1, 0.15) is 6.33 Å². The zero-order chi connectivity index (χ0) is 6.53. The lowest BCUT2D eigenvalue weighted by molar-refractivity contribution is 0.228. The van der Waals surface area contributed by atoms with Crippen LogP contribution in [0.1, 0.15) is 5.56 Å². The van der Waals surface area contributed by atoms with Crippen LogP contribution in [0.2, 0.25) is 0 Å². The zero-order valence-corrected chi connectivity index (χ0v) is 4.95. The van der Waals surface area contributed by atoms with Crippen molar-refractivity contribution in [2.75, 3.05) is 0 Å². The second-order valence-corrected chi connectivity index (χ2v) is 1.60. The van der Waals surface area contributed by atoms with Gasteiger partial charge in [-0.05, 0) is 0 Å². The zero-order valence-electron chi connectivity index (χ0n) is 4.95. The SMILES string of the molecule is [CH2]OCc1cncnc1. The number of ether oxygens (including phenoxy) is 1. The lowest BCUT2D eigenvalue weighted by Crippen LogP contribution is -1.87. The molecule has 3 nitrogen and oxygen atoms in total. The van der Waals surface area contributed by atoms with E-state index < -0.39 is 0 Å². The molecule has 0 unspecified atom stereocenters. The number of hydrogen-bond acceptors (Lipinski definition) is 3. The van der Waals surface area contributed by atoms with Crippen molar-refractivity contribution >= 4 is 0 Å². The quantitative estimate of drug-likeness (QED) is 0.583. The number of aromatic nitrogens is 2. The van der Waals surface area contributed by atoms with E-state index in [1.165, 1.54) is 6.33 Å². The second-order valence-electron chi connectivity index (χ2n) is 1.60. The first-order valence-electron chi connectivity index (χ1n) is 2.54.